The highest BCUT2D eigenvalue weighted by Crippen LogP contribution is 2.18. The zero-order valence-electron chi connectivity index (χ0n) is 17.2. The minimum atomic E-state index is -0.301. The molecule has 0 saturated carbocycles. The molecule has 0 unspecified atom stereocenters. The Morgan fingerprint density at radius 1 is 1.03 bits per heavy atom. The number of carbonyl (C=O) groups excluding carboxylic acids is 1. The molecule has 0 amide bonds. The van der Waals surface area contributed by atoms with Crippen molar-refractivity contribution in [3.8, 4) is 5.75 Å². The van der Waals surface area contributed by atoms with Crippen LogP contribution in [0.1, 0.15) is 32.7 Å². The van der Waals surface area contributed by atoms with Gasteiger partial charge in [0.2, 0.25) is 5.43 Å². The fraction of sp³-hybridized carbons (Fsp3) is 0.160. The third kappa shape index (κ3) is 3.74. The molecule has 0 spiro atoms. The fourth-order valence-electron chi connectivity index (χ4n) is 3.47. The van der Waals surface area contributed by atoms with Crippen LogP contribution in [0.25, 0.3) is 11.0 Å². The summed E-state index contributed by atoms with van der Waals surface area (Å²) in [4.78, 5) is 30.9. The molecule has 0 atom stereocenters. The molecule has 0 aliphatic rings. The number of benzene rings is 2. The van der Waals surface area contributed by atoms with E-state index in [2.05, 4.69) is 4.98 Å². The Labute approximate surface area is 174 Å². The lowest BCUT2D eigenvalue weighted by atomic mass is 10.0. The van der Waals surface area contributed by atoms with Crippen LogP contribution in [0.4, 0.5) is 0 Å². The molecule has 0 aliphatic carbocycles. The molecule has 0 aliphatic heterocycles. The number of nitrogens with zero attached hydrogens (tertiary/aromatic N) is 2. The van der Waals surface area contributed by atoms with Gasteiger partial charge in [-0.25, -0.2) is 4.98 Å². The Morgan fingerprint density at radius 3 is 2.53 bits per heavy atom. The monoisotopic (exact) mass is 398 g/mol. The van der Waals surface area contributed by atoms with Crippen LogP contribution in [0.15, 0.2) is 71.7 Å². The van der Waals surface area contributed by atoms with Gasteiger partial charge in [-0.15, -0.1) is 0 Å². The minimum absolute atomic E-state index is 0.139. The van der Waals surface area contributed by atoms with E-state index in [1.807, 2.05) is 54.8 Å². The predicted molar refractivity (Wildman–Crippen MR) is 117 cm³/mol. The molecule has 4 rings (SSSR count). The number of fused-ring (bicyclic) bond motifs is 1. The number of aromatic nitrogens is 2. The molecule has 0 bridgehead atoms. The quantitative estimate of drug-likeness (QED) is 0.470. The van der Waals surface area contributed by atoms with Crippen LogP contribution in [0.3, 0.4) is 0 Å². The van der Waals surface area contributed by atoms with Gasteiger partial charge in [0.25, 0.3) is 0 Å². The molecule has 0 fully saturated rings. The molecule has 2 aromatic heterocycles. The summed E-state index contributed by atoms with van der Waals surface area (Å²) in [6.07, 6.45) is 1.62. The fourth-order valence-corrected chi connectivity index (χ4v) is 3.47. The van der Waals surface area contributed by atoms with Gasteiger partial charge in [-0.1, -0.05) is 42.0 Å². The van der Waals surface area contributed by atoms with Gasteiger partial charge in [0.05, 0.1) is 18.1 Å². The maximum atomic E-state index is 13.1. The summed E-state index contributed by atoms with van der Waals surface area (Å²) in [5.74, 6) is 0.458. The van der Waals surface area contributed by atoms with Gasteiger partial charge >= 0.3 is 0 Å². The van der Waals surface area contributed by atoms with E-state index in [0.29, 0.717) is 23.1 Å². The van der Waals surface area contributed by atoms with E-state index in [1.54, 1.807) is 37.6 Å². The van der Waals surface area contributed by atoms with Gasteiger partial charge in [0.1, 0.15) is 11.4 Å². The van der Waals surface area contributed by atoms with E-state index in [4.69, 9.17) is 4.74 Å². The normalized spacial score (nSPS) is 10.9. The molecule has 2 heterocycles. The van der Waals surface area contributed by atoms with Crippen LogP contribution >= 0.6 is 0 Å². The van der Waals surface area contributed by atoms with Gasteiger partial charge in [0, 0.05) is 24.0 Å². The Kier molecular flexibility index (Phi) is 5.19. The summed E-state index contributed by atoms with van der Waals surface area (Å²) in [5.41, 5.74) is 3.73. The average molecular weight is 398 g/mol. The predicted octanol–water partition coefficient (Wildman–Crippen LogP) is 4.30. The van der Waals surface area contributed by atoms with Crippen LogP contribution in [0.2, 0.25) is 0 Å². The van der Waals surface area contributed by atoms with Gasteiger partial charge in [-0.2, -0.15) is 0 Å². The van der Waals surface area contributed by atoms with Crippen molar-refractivity contribution in [2.45, 2.75) is 20.4 Å². The van der Waals surface area contributed by atoms with Crippen molar-refractivity contribution in [3.63, 3.8) is 0 Å². The number of ether oxygens (including phenoxy) is 1. The number of pyridine rings is 2. The summed E-state index contributed by atoms with van der Waals surface area (Å²) in [6, 6.07) is 18.5. The molecule has 5 heteroatoms. The Morgan fingerprint density at radius 2 is 1.80 bits per heavy atom. The Bertz CT molecular complexity index is 1300. The first-order valence-corrected chi connectivity index (χ1v) is 9.71. The standard InChI is InChI=1S/C25H22N2O3/c1-16-7-10-19(11-8-16)23(28)22-15-27(14-18-5-4-6-20(13-18)30-3)25-21(24(22)29)12-9-17(2)26-25/h4-13,15H,14H2,1-3H3. The largest absolute Gasteiger partial charge is 0.497 e. The minimum Gasteiger partial charge on any atom is -0.497 e. The molecular formula is C25H22N2O3. The summed E-state index contributed by atoms with van der Waals surface area (Å²) in [5, 5.41) is 0.432. The first-order chi connectivity index (χ1) is 14.5. The Balaban J connectivity index is 1.88. The summed E-state index contributed by atoms with van der Waals surface area (Å²) in [6.45, 7) is 4.29. The molecule has 0 radical (unpaired) electrons. The van der Waals surface area contributed by atoms with Crippen molar-refractivity contribution in [1.29, 1.82) is 0 Å². The number of aryl methyl sites for hydroxylation is 2. The summed E-state index contributed by atoms with van der Waals surface area (Å²) in [7, 11) is 1.62. The van der Waals surface area contributed by atoms with Crippen molar-refractivity contribution < 1.29 is 9.53 Å². The second kappa shape index (κ2) is 7.95. The van der Waals surface area contributed by atoms with Crippen LogP contribution < -0.4 is 10.2 Å². The number of carbonyl (C=O) groups is 1. The second-order valence-corrected chi connectivity index (χ2v) is 7.37. The lowest BCUT2D eigenvalue weighted by Crippen LogP contribution is -2.21. The Hall–Kier alpha value is -3.73. The third-order valence-corrected chi connectivity index (χ3v) is 5.11. The summed E-state index contributed by atoms with van der Waals surface area (Å²) < 4.78 is 7.18. The van der Waals surface area contributed by atoms with Crippen LogP contribution in [0, 0.1) is 13.8 Å². The first kappa shape index (κ1) is 19.6. The maximum Gasteiger partial charge on any atom is 0.202 e. The topological polar surface area (TPSA) is 61.2 Å². The highest BCUT2D eigenvalue weighted by Gasteiger charge is 2.18. The second-order valence-electron chi connectivity index (χ2n) is 7.37. The molecule has 30 heavy (non-hydrogen) atoms. The van der Waals surface area contributed by atoms with Crippen molar-refractivity contribution in [1.82, 2.24) is 9.55 Å². The maximum absolute atomic E-state index is 13.1. The average Bonchev–Trinajstić information content (AvgIpc) is 2.76. The van der Waals surface area contributed by atoms with Crippen LogP contribution in [0.5, 0.6) is 5.75 Å². The van der Waals surface area contributed by atoms with E-state index in [1.165, 1.54) is 0 Å². The molecule has 0 saturated heterocycles. The molecule has 150 valence electrons. The van der Waals surface area contributed by atoms with Crippen molar-refractivity contribution in [2.75, 3.05) is 7.11 Å². The van der Waals surface area contributed by atoms with Gasteiger partial charge < -0.3 is 9.30 Å². The highest BCUT2D eigenvalue weighted by atomic mass is 16.5. The zero-order valence-corrected chi connectivity index (χ0v) is 17.2. The van der Waals surface area contributed by atoms with E-state index >= 15 is 0 Å². The molecule has 2 aromatic carbocycles. The molecule has 5 nitrogen and oxygen atoms in total. The zero-order chi connectivity index (χ0) is 21.3. The van der Waals surface area contributed by atoms with E-state index in [9.17, 15) is 9.59 Å². The number of hydrogen-bond acceptors (Lipinski definition) is 4. The number of hydrogen-bond donors (Lipinski definition) is 0. The lowest BCUT2D eigenvalue weighted by Gasteiger charge is -2.14. The van der Waals surface area contributed by atoms with E-state index in [0.717, 1.165) is 22.6 Å². The van der Waals surface area contributed by atoms with E-state index < -0.39 is 0 Å². The smallest absolute Gasteiger partial charge is 0.202 e. The van der Waals surface area contributed by atoms with Crippen molar-refractivity contribution in [3.05, 3.63) is 105 Å². The van der Waals surface area contributed by atoms with E-state index in [-0.39, 0.29) is 16.8 Å². The van der Waals surface area contributed by atoms with Crippen LogP contribution in [-0.2, 0) is 6.54 Å². The van der Waals surface area contributed by atoms with Crippen molar-refractivity contribution >= 4 is 16.8 Å². The molecular weight excluding hydrogens is 376 g/mol. The highest BCUT2D eigenvalue weighted by molar-refractivity contribution is 6.10. The van der Waals surface area contributed by atoms with Gasteiger partial charge in [0.15, 0.2) is 5.78 Å². The molecule has 0 N–H and O–H groups in total. The number of rotatable bonds is 5. The lowest BCUT2D eigenvalue weighted by molar-refractivity contribution is 0.103. The van der Waals surface area contributed by atoms with Crippen LogP contribution in [-0.4, -0.2) is 22.4 Å². The van der Waals surface area contributed by atoms with Crippen molar-refractivity contribution in [2.24, 2.45) is 0 Å². The summed E-state index contributed by atoms with van der Waals surface area (Å²) >= 11 is 0. The SMILES string of the molecule is COc1cccc(Cn2cc(C(=O)c3ccc(C)cc3)c(=O)c3ccc(C)nc32)c1. The molecule has 4 aromatic rings. The third-order valence-electron chi connectivity index (χ3n) is 5.11. The number of ketones is 1. The van der Waals surface area contributed by atoms with Gasteiger partial charge in [-0.3, -0.25) is 9.59 Å². The van der Waals surface area contributed by atoms with Gasteiger partial charge in [-0.05, 0) is 43.7 Å². The first-order valence-electron chi connectivity index (χ1n) is 9.71. The number of methoxy groups -OCH3 is 1.